The maximum Gasteiger partial charge on any atom is 0.306 e. The number of esters is 3. The highest BCUT2D eigenvalue weighted by molar-refractivity contribution is 5.71. The number of aliphatic hydroxyl groups is 3. The maximum absolute atomic E-state index is 12.8. The predicted molar refractivity (Wildman–Crippen MR) is 274 cm³/mol. The molecule has 0 amide bonds. The number of carbonyl (C=O) groups is 3. The van der Waals surface area contributed by atoms with Gasteiger partial charge in [-0.2, -0.15) is 0 Å². The molecule has 386 valence electrons. The molecule has 0 heterocycles. The number of unbranched alkanes of at least 4 members (excludes halogenated alkanes) is 24. The summed E-state index contributed by atoms with van der Waals surface area (Å²) in [7, 11) is 0. The van der Waals surface area contributed by atoms with Gasteiger partial charge in [0.1, 0.15) is 13.2 Å². The van der Waals surface area contributed by atoms with E-state index in [1.807, 2.05) is 0 Å². The van der Waals surface area contributed by atoms with Crippen LogP contribution < -0.4 is 0 Å². The molecule has 0 rings (SSSR count). The molecule has 0 spiro atoms. The lowest BCUT2D eigenvalue weighted by atomic mass is 10.1. The molecule has 0 saturated carbocycles. The van der Waals surface area contributed by atoms with E-state index >= 15 is 0 Å². The first-order chi connectivity index (χ1) is 32.2. The van der Waals surface area contributed by atoms with Crippen LogP contribution in [0.25, 0.3) is 0 Å². The Bertz CT molecular complexity index is 1110. The molecule has 0 aromatic carbocycles. The number of rotatable bonds is 50. The molecular formula is C57H104O9. The zero-order valence-electron chi connectivity index (χ0n) is 43.1. The second kappa shape index (κ2) is 50.4. The smallest absolute Gasteiger partial charge is 0.306 e. The molecule has 0 bridgehead atoms. The van der Waals surface area contributed by atoms with Gasteiger partial charge in [0.2, 0.25) is 0 Å². The van der Waals surface area contributed by atoms with E-state index in [4.69, 9.17) is 14.2 Å². The fraction of sp³-hybridized carbons (Fsp3) is 0.842. The van der Waals surface area contributed by atoms with Gasteiger partial charge in [0, 0.05) is 19.3 Å². The Balaban J connectivity index is 4.51. The van der Waals surface area contributed by atoms with Crippen molar-refractivity contribution in [1.82, 2.24) is 0 Å². The summed E-state index contributed by atoms with van der Waals surface area (Å²) in [5.74, 6) is -1.04. The molecule has 3 N–H and O–H groups in total. The molecule has 0 aromatic heterocycles. The Morgan fingerprint density at radius 3 is 0.985 bits per heavy atom. The summed E-state index contributed by atoms with van der Waals surface area (Å²) in [5, 5.41) is 30.4. The summed E-state index contributed by atoms with van der Waals surface area (Å²) in [6.45, 7) is 6.33. The summed E-state index contributed by atoms with van der Waals surface area (Å²) in [6, 6.07) is 0. The highest BCUT2D eigenvalue weighted by atomic mass is 16.6. The molecule has 0 aliphatic carbocycles. The summed E-state index contributed by atoms with van der Waals surface area (Å²) in [6.07, 6.45) is 48.9. The average Bonchev–Trinajstić information content (AvgIpc) is 3.30. The Kier molecular flexibility index (Phi) is 48.5. The molecule has 0 saturated heterocycles. The van der Waals surface area contributed by atoms with Crippen LogP contribution in [0.2, 0.25) is 0 Å². The van der Waals surface area contributed by atoms with Crippen LogP contribution in [0.5, 0.6) is 0 Å². The van der Waals surface area contributed by atoms with Crippen molar-refractivity contribution in [2.24, 2.45) is 0 Å². The first-order valence-corrected chi connectivity index (χ1v) is 27.7. The highest BCUT2D eigenvalue weighted by Gasteiger charge is 2.19. The number of allylic oxidation sites excluding steroid dienone is 3. The SMILES string of the molecule is CCCCCC[C@@H](O)C/C=C\CCCCCCCC(=O)OCC(COC(=O)CCCCCCC/C=C\C[C@H](O)CCCCCC)OC(=O)CCCCCCC/C=C\C[C@H](O)CCCCCC. The van der Waals surface area contributed by atoms with Gasteiger partial charge in [-0.05, 0) is 96.3 Å². The number of hydrogen-bond acceptors (Lipinski definition) is 9. The van der Waals surface area contributed by atoms with E-state index in [2.05, 4.69) is 57.2 Å². The van der Waals surface area contributed by atoms with E-state index in [1.165, 1.54) is 57.8 Å². The van der Waals surface area contributed by atoms with Gasteiger partial charge in [0.05, 0.1) is 18.3 Å². The van der Waals surface area contributed by atoms with Gasteiger partial charge in [-0.15, -0.1) is 0 Å². The van der Waals surface area contributed by atoms with Crippen LogP contribution in [-0.2, 0) is 28.6 Å². The Labute approximate surface area is 405 Å². The fourth-order valence-electron chi connectivity index (χ4n) is 7.95. The third-order valence-corrected chi connectivity index (χ3v) is 12.3. The van der Waals surface area contributed by atoms with Crippen molar-refractivity contribution in [3.05, 3.63) is 36.5 Å². The van der Waals surface area contributed by atoms with E-state index < -0.39 is 6.10 Å². The zero-order valence-corrected chi connectivity index (χ0v) is 43.1. The normalized spacial score (nSPS) is 13.3. The van der Waals surface area contributed by atoms with Gasteiger partial charge < -0.3 is 29.5 Å². The lowest BCUT2D eigenvalue weighted by Crippen LogP contribution is -2.30. The van der Waals surface area contributed by atoms with Crippen molar-refractivity contribution < 1.29 is 43.9 Å². The number of aliphatic hydroxyl groups excluding tert-OH is 3. The van der Waals surface area contributed by atoms with E-state index in [-0.39, 0.29) is 55.9 Å². The molecule has 0 unspecified atom stereocenters. The van der Waals surface area contributed by atoms with Gasteiger partial charge in [0.15, 0.2) is 6.10 Å². The average molecular weight is 933 g/mol. The monoisotopic (exact) mass is 933 g/mol. The van der Waals surface area contributed by atoms with Crippen molar-refractivity contribution in [3.63, 3.8) is 0 Å². The molecule has 0 aliphatic heterocycles. The molecule has 66 heavy (non-hydrogen) atoms. The van der Waals surface area contributed by atoms with Crippen molar-refractivity contribution in [2.45, 2.75) is 296 Å². The third kappa shape index (κ3) is 48.0. The molecule has 0 fully saturated rings. The standard InChI is InChI=1S/C57H104O9/c1-4-7-10-31-40-51(58)43-34-25-19-13-16-22-28-37-46-55(61)64-49-54(66-57(63)48-39-30-24-18-15-21-27-36-45-53(60)42-33-12-9-6-3)50-65-56(62)47-38-29-23-17-14-20-26-35-44-52(59)41-32-11-8-5-2/h25-27,34-36,51-54,58-60H,4-24,28-33,37-50H2,1-3H3/b34-25-,35-26-,36-27-/t51-,52-,53-/m1/s1. The molecule has 0 aromatic rings. The predicted octanol–water partition coefficient (Wildman–Crippen LogP) is 15.0. The molecule has 9 nitrogen and oxygen atoms in total. The van der Waals surface area contributed by atoms with Gasteiger partial charge >= 0.3 is 17.9 Å². The molecule has 0 aliphatic rings. The highest BCUT2D eigenvalue weighted by Crippen LogP contribution is 2.15. The van der Waals surface area contributed by atoms with Crippen molar-refractivity contribution in [3.8, 4) is 0 Å². The van der Waals surface area contributed by atoms with E-state index in [0.29, 0.717) is 19.3 Å². The lowest BCUT2D eigenvalue weighted by molar-refractivity contribution is -0.167. The van der Waals surface area contributed by atoms with E-state index in [0.717, 1.165) is 167 Å². The maximum atomic E-state index is 12.8. The molecule has 9 heteroatoms. The third-order valence-electron chi connectivity index (χ3n) is 12.3. The Hall–Kier alpha value is -2.49. The van der Waals surface area contributed by atoms with Gasteiger partial charge in [-0.25, -0.2) is 0 Å². The van der Waals surface area contributed by atoms with Crippen molar-refractivity contribution in [1.29, 1.82) is 0 Å². The fourth-order valence-corrected chi connectivity index (χ4v) is 7.95. The number of ether oxygens (including phenoxy) is 3. The minimum Gasteiger partial charge on any atom is -0.462 e. The van der Waals surface area contributed by atoms with Crippen LogP contribution in [-0.4, -0.2) is 70.9 Å². The minimum atomic E-state index is -0.836. The summed E-state index contributed by atoms with van der Waals surface area (Å²) in [4.78, 5) is 38.1. The summed E-state index contributed by atoms with van der Waals surface area (Å²) < 4.78 is 16.7. The Morgan fingerprint density at radius 2 is 0.652 bits per heavy atom. The topological polar surface area (TPSA) is 140 Å². The first kappa shape index (κ1) is 63.5. The quantitative estimate of drug-likeness (QED) is 0.0235. The Morgan fingerprint density at radius 1 is 0.364 bits per heavy atom. The van der Waals surface area contributed by atoms with E-state index in [9.17, 15) is 29.7 Å². The van der Waals surface area contributed by atoms with Gasteiger partial charge in [-0.1, -0.05) is 192 Å². The van der Waals surface area contributed by atoms with Crippen molar-refractivity contribution in [2.75, 3.05) is 13.2 Å². The van der Waals surface area contributed by atoms with Gasteiger partial charge in [-0.3, -0.25) is 14.4 Å². The van der Waals surface area contributed by atoms with Gasteiger partial charge in [0.25, 0.3) is 0 Å². The second-order valence-corrected chi connectivity index (χ2v) is 19.0. The number of hydrogen-bond donors (Lipinski definition) is 3. The van der Waals surface area contributed by atoms with Crippen LogP contribution in [0.4, 0.5) is 0 Å². The van der Waals surface area contributed by atoms with Crippen LogP contribution >= 0.6 is 0 Å². The van der Waals surface area contributed by atoms with Crippen molar-refractivity contribution >= 4 is 17.9 Å². The minimum absolute atomic E-state index is 0.132. The largest absolute Gasteiger partial charge is 0.462 e. The van der Waals surface area contributed by atoms with Crippen LogP contribution in [0, 0.1) is 0 Å². The second-order valence-electron chi connectivity index (χ2n) is 19.0. The zero-order chi connectivity index (χ0) is 48.4. The molecule has 0 radical (unpaired) electrons. The molecular weight excluding hydrogens is 829 g/mol. The number of carbonyl (C=O) groups excluding carboxylic acids is 3. The molecule has 3 atom stereocenters. The van der Waals surface area contributed by atoms with Crippen LogP contribution in [0.15, 0.2) is 36.5 Å². The van der Waals surface area contributed by atoms with Crippen LogP contribution in [0.3, 0.4) is 0 Å². The summed E-state index contributed by atoms with van der Waals surface area (Å²) >= 11 is 0. The van der Waals surface area contributed by atoms with Crippen LogP contribution in [0.1, 0.15) is 271 Å². The summed E-state index contributed by atoms with van der Waals surface area (Å²) in [5.41, 5.74) is 0. The lowest BCUT2D eigenvalue weighted by Gasteiger charge is -2.18. The first-order valence-electron chi connectivity index (χ1n) is 27.7. The van der Waals surface area contributed by atoms with E-state index in [1.54, 1.807) is 0 Å².